The SMILES string of the molecule is Cc1ccc(NC(=O)C[C@@H]2C(=O)N(c3ccccc3)C(=S)N2NC(=O)c2ccccc2)c(C)c1. The number of carbonyl (C=O) groups is 3. The standard InChI is InChI=1S/C26H24N4O3S/c1-17-13-14-21(18(2)15-17)27-23(31)16-22-25(33)29(20-11-7-4-8-12-20)26(34)30(22)28-24(32)19-9-5-3-6-10-19/h3-15,22H,16H2,1-2H3,(H,27,31)(H,28,32)/t22-/m1/s1. The summed E-state index contributed by atoms with van der Waals surface area (Å²) in [6, 6.07) is 22.2. The number of para-hydroxylation sites is 1. The van der Waals surface area contributed by atoms with Crippen molar-refractivity contribution >= 4 is 46.4 Å². The van der Waals surface area contributed by atoms with E-state index in [9.17, 15) is 14.4 Å². The summed E-state index contributed by atoms with van der Waals surface area (Å²) in [6.45, 7) is 3.88. The van der Waals surface area contributed by atoms with Crippen LogP contribution in [-0.2, 0) is 9.59 Å². The minimum absolute atomic E-state index is 0.102. The van der Waals surface area contributed by atoms with Gasteiger partial charge in [0.1, 0.15) is 6.04 Å². The molecule has 0 unspecified atom stereocenters. The van der Waals surface area contributed by atoms with Gasteiger partial charge in [0, 0.05) is 11.3 Å². The molecule has 3 aromatic rings. The number of rotatable bonds is 6. The van der Waals surface area contributed by atoms with E-state index >= 15 is 0 Å². The van der Waals surface area contributed by atoms with Crippen LogP contribution in [0.3, 0.4) is 0 Å². The van der Waals surface area contributed by atoms with Crippen LogP contribution in [0.15, 0.2) is 78.9 Å². The van der Waals surface area contributed by atoms with Crippen LogP contribution < -0.4 is 15.6 Å². The Kier molecular flexibility index (Phi) is 6.70. The molecule has 2 N–H and O–H groups in total. The van der Waals surface area contributed by atoms with Crippen LogP contribution in [0.2, 0.25) is 0 Å². The molecule has 1 aliphatic rings. The molecule has 4 rings (SSSR count). The van der Waals surface area contributed by atoms with Crippen molar-refractivity contribution < 1.29 is 14.4 Å². The molecule has 34 heavy (non-hydrogen) atoms. The van der Waals surface area contributed by atoms with E-state index in [4.69, 9.17) is 12.2 Å². The minimum atomic E-state index is -0.994. The van der Waals surface area contributed by atoms with Crippen molar-refractivity contribution in [3.8, 4) is 0 Å². The topological polar surface area (TPSA) is 81.8 Å². The second kappa shape index (κ2) is 9.84. The predicted octanol–water partition coefficient (Wildman–Crippen LogP) is 3.98. The third-order valence-corrected chi connectivity index (χ3v) is 5.90. The Hall–Kier alpha value is -4.04. The van der Waals surface area contributed by atoms with Gasteiger partial charge in [-0.15, -0.1) is 0 Å². The molecule has 0 bridgehead atoms. The number of hydrazine groups is 1. The lowest BCUT2D eigenvalue weighted by atomic mass is 10.1. The first-order valence-electron chi connectivity index (χ1n) is 10.8. The number of carbonyl (C=O) groups excluding carboxylic acids is 3. The highest BCUT2D eigenvalue weighted by molar-refractivity contribution is 7.80. The van der Waals surface area contributed by atoms with Gasteiger partial charge in [-0.3, -0.25) is 24.7 Å². The van der Waals surface area contributed by atoms with Crippen LogP contribution in [0.1, 0.15) is 27.9 Å². The molecule has 1 atom stereocenters. The van der Waals surface area contributed by atoms with Crippen LogP contribution >= 0.6 is 12.2 Å². The van der Waals surface area contributed by atoms with E-state index < -0.39 is 11.9 Å². The maximum Gasteiger partial charge on any atom is 0.269 e. The Morgan fingerprint density at radius 3 is 2.24 bits per heavy atom. The first-order chi connectivity index (χ1) is 16.3. The summed E-state index contributed by atoms with van der Waals surface area (Å²) in [7, 11) is 0. The van der Waals surface area contributed by atoms with E-state index in [0.717, 1.165) is 11.1 Å². The van der Waals surface area contributed by atoms with Gasteiger partial charge in [0.2, 0.25) is 11.0 Å². The van der Waals surface area contributed by atoms with Crippen molar-refractivity contribution in [1.82, 2.24) is 10.4 Å². The molecule has 1 fully saturated rings. The number of nitrogens with one attached hydrogen (secondary N) is 2. The number of hydrogen-bond donors (Lipinski definition) is 2. The van der Waals surface area contributed by atoms with Gasteiger partial charge in [-0.05, 0) is 62.0 Å². The molecule has 0 aliphatic carbocycles. The lowest BCUT2D eigenvalue weighted by molar-refractivity contribution is -0.124. The Balaban J connectivity index is 1.59. The fraction of sp³-hybridized carbons (Fsp3) is 0.154. The van der Waals surface area contributed by atoms with E-state index in [1.807, 2.05) is 38.1 Å². The molecule has 1 saturated heterocycles. The first-order valence-corrected chi connectivity index (χ1v) is 11.2. The van der Waals surface area contributed by atoms with Gasteiger partial charge in [-0.2, -0.15) is 0 Å². The van der Waals surface area contributed by atoms with Crippen LogP contribution in [0.25, 0.3) is 0 Å². The first kappa shape index (κ1) is 23.1. The smallest absolute Gasteiger partial charge is 0.269 e. The maximum atomic E-state index is 13.4. The predicted molar refractivity (Wildman–Crippen MR) is 135 cm³/mol. The van der Waals surface area contributed by atoms with Crippen LogP contribution in [0.5, 0.6) is 0 Å². The molecular weight excluding hydrogens is 448 g/mol. The molecule has 3 amide bonds. The molecule has 0 aromatic heterocycles. The highest BCUT2D eigenvalue weighted by atomic mass is 32.1. The second-order valence-corrected chi connectivity index (χ2v) is 8.42. The molecule has 7 nitrogen and oxygen atoms in total. The molecule has 0 radical (unpaired) electrons. The second-order valence-electron chi connectivity index (χ2n) is 8.06. The van der Waals surface area contributed by atoms with Gasteiger partial charge < -0.3 is 5.32 Å². The zero-order valence-electron chi connectivity index (χ0n) is 18.8. The largest absolute Gasteiger partial charge is 0.326 e. The Bertz CT molecular complexity index is 1250. The summed E-state index contributed by atoms with van der Waals surface area (Å²) < 4.78 is 0. The van der Waals surface area contributed by atoms with Gasteiger partial charge >= 0.3 is 0 Å². The lowest BCUT2D eigenvalue weighted by Crippen LogP contribution is -2.49. The third kappa shape index (κ3) is 4.82. The summed E-state index contributed by atoms with van der Waals surface area (Å²) in [5.41, 5.74) is 6.37. The molecule has 0 saturated carbocycles. The van der Waals surface area contributed by atoms with E-state index in [1.165, 1.54) is 9.91 Å². The van der Waals surface area contributed by atoms with E-state index in [0.29, 0.717) is 16.9 Å². The van der Waals surface area contributed by atoms with Crippen molar-refractivity contribution in [3.05, 3.63) is 95.6 Å². The number of hydrogen-bond acceptors (Lipinski definition) is 4. The number of amides is 3. The highest BCUT2D eigenvalue weighted by Crippen LogP contribution is 2.26. The normalized spacial score (nSPS) is 15.4. The molecular formula is C26H24N4O3S. The van der Waals surface area contributed by atoms with E-state index in [2.05, 4.69) is 10.7 Å². The fourth-order valence-corrected chi connectivity index (χ4v) is 4.18. The maximum absolute atomic E-state index is 13.4. The minimum Gasteiger partial charge on any atom is -0.326 e. The van der Waals surface area contributed by atoms with Crippen LogP contribution in [0.4, 0.5) is 11.4 Å². The van der Waals surface area contributed by atoms with Crippen LogP contribution in [0, 0.1) is 13.8 Å². The quantitative estimate of drug-likeness (QED) is 0.531. The van der Waals surface area contributed by atoms with Crippen molar-refractivity contribution in [3.63, 3.8) is 0 Å². The van der Waals surface area contributed by atoms with E-state index in [-0.39, 0.29) is 23.3 Å². The summed E-state index contributed by atoms with van der Waals surface area (Å²) in [5, 5.41) is 4.28. The lowest BCUT2D eigenvalue weighted by Gasteiger charge is -2.24. The number of benzene rings is 3. The monoisotopic (exact) mass is 472 g/mol. The summed E-state index contributed by atoms with van der Waals surface area (Å²) in [6.07, 6.45) is -0.190. The van der Waals surface area contributed by atoms with Crippen molar-refractivity contribution in [2.75, 3.05) is 10.2 Å². The fourth-order valence-electron chi connectivity index (χ4n) is 3.81. The Labute approximate surface area is 203 Å². The third-order valence-electron chi connectivity index (χ3n) is 5.52. The molecule has 0 spiro atoms. The van der Waals surface area contributed by atoms with Crippen molar-refractivity contribution in [2.45, 2.75) is 26.3 Å². The van der Waals surface area contributed by atoms with Gasteiger partial charge in [-0.1, -0.05) is 54.1 Å². The number of aryl methyl sites for hydroxylation is 2. The molecule has 3 aromatic carbocycles. The number of nitrogens with zero attached hydrogens (tertiary/aromatic N) is 2. The summed E-state index contributed by atoms with van der Waals surface area (Å²) in [4.78, 5) is 40.5. The molecule has 172 valence electrons. The van der Waals surface area contributed by atoms with Gasteiger partial charge in [0.15, 0.2) is 0 Å². The van der Waals surface area contributed by atoms with Gasteiger partial charge in [-0.25, -0.2) is 5.01 Å². The number of thiocarbonyl (C=S) groups is 1. The van der Waals surface area contributed by atoms with E-state index in [1.54, 1.807) is 54.6 Å². The summed E-state index contributed by atoms with van der Waals surface area (Å²) >= 11 is 5.57. The molecule has 8 heteroatoms. The molecule has 1 heterocycles. The zero-order valence-corrected chi connectivity index (χ0v) is 19.6. The highest BCUT2D eigenvalue weighted by Gasteiger charge is 2.45. The Morgan fingerprint density at radius 2 is 1.59 bits per heavy atom. The molecule has 1 aliphatic heterocycles. The van der Waals surface area contributed by atoms with Gasteiger partial charge in [0.05, 0.1) is 12.1 Å². The zero-order chi connectivity index (χ0) is 24.2. The average Bonchev–Trinajstić information content (AvgIpc) is 3.05. The number of anilines is 2. The van der Waals surface area contributed by atoms with Crippen LogP contribution in [-0.4, -0.2) is 33.9 Å². The van der Waals surface area contributed by atoms with Crippen molar-refractivity contribution in [2.24, 2.45) is 0 Å². The van der Waals surface area contributed by atoms with Crippen molar-refractivity contribution in [1.29, 1.82) is 0 Å². The average molecular weight is 473 g/mol. The van der Waals surface area contributed by atoms with Gasteiger partial charge in [0.25, 0.3) is 11.8 Å². The summed E-state index contributed by atoms with van der Waals surface area (Å²) in [5.74, 6) is -1.17. The Morgan fingerprint density at radius 1 is 0.941 bits per heavy atom.